The summed E-state index contributed by atoms with van der Waals surface area (Å²) in [5, 5.41) is 11.1. The van der Waals surface area contributed by atoms with Gasteiger partial charge in [0, 0.05) is 24.7 Å². The van der Waals surface area contributed by atoms with E-state index in [0.29, 0.717) is 37.2 Å². The van der Waals surface area contributed by atoms with E-state index in [0.717, 1.165) is 12.1 Å². The van der Waals surface area contributed by atoms with Crippen molar-refractivity contribution >= 4 is 11.8 Å². The Hall–Kier alpha value is -3.55. The Morgan fingerprint density at radius 2 is 1.74 bits per heavy atom. The molecular formula is C23H24FN5O2. The van der Waals surface area contributed by atoms with Gasteiger partial charge in [0.25, 0.3) is 11.8 Å². The molecule has 2 amide bonds. The van der Waals surface area contributed by atoms with E-state index in [-0.39, 0.29) is 23.7 Å². The van der Waals surface area contributed by atoms with Crippen LogP contribution >= 0.6 is 0 Å². The lowest BCUT2D eigenvalue weighted by molar-refractivity contribution is 0.0692. The van der Waals surface area contributed by atoms with Crippen molar-refractivity contribution in [2.24, 2.45) is 0 Å². The third kappa shape index (κ3) is 4.79. The van der Waals surface area contributed by atoms with Crippen LogP contribution in [0.1, 0.15) is 46.2 Å². The largest absolute Gasteiger partial charge is 0.349 e. The minimum absolute atomic E-state index is 0.0330. The normalized spacial score (nSPS) is 14.5. The van der Waals surface area contributed by atoms with Crippen molar-refractivity contribution in [3.63, 3.8) is 0 Å². The zero-order valence-corrected chi connectivity index (χ0v) is 17.3. The molecule has 3 aromatic rings. The Morgan fingerprint density at radius 1 is 1.06 bits per heavy atom. The van der Waals surface area contributed by atoms with Crippen LogP contribution in [-0.2, 0) is 6.42 Å². The van der Waals surface area contributed by atoms with Gasteiger partial charge in [-0.3, -0.25) is 9.59 Å². The number of halogens is 1. The monoisotopic (exact) mass is 421 g/mol. The average Bonchev–Trinajstić information content (AvgIpc) is 3.30. The highest BCUT2D eigenvalue weighted by atomic mass is 19.1. The molecule has 0 atom stereocenters. The first-order valence-electron chi connectivity index (χ1n) is 10.4. The second-order valence-corrected chi connectivity index (χ2v) is 7.62. The summed E-state index contributed by atoms with van der Waals surface area (Å²) in [6.45, 7) is 3.13. The van der Waals surface area contributed by atoms with Crippen LogP contribution < -0.4 is 5.32 Å². The molecule has 4 rings (SSSR count). The lowest BCUT2D eigenvalue weighted by atomic mass is 10.0. The summed E-state index contributed by atoms with van der Waals surface area (Å²) in [7, 11) is 0. The van der Waals surface area contributed by atoms with E-state index in [4.69, 9.17) is 0 Å². The zero-order valence-electron chi connectivity index (χ0n) is 17.3. The number of nitrogens with one attached hydrogen (secondary N) is 1. The van der Waals surface area contributed by atoms with E-state index in [9.17, 15) is 14.0 Å². The van der Waals surface area contributed by atoms with Crippen LogP contribution in [0.15, 0.2) is 54.7 Å². The SMILES string of the molecule is CCc1ccc(-n2cc(C(=O)N3CCC(NC(=O)c4ccc(F)cc4)CC3)nn2)cc1. The molecule has 1 saturated heterocycles. The number of aromatic nitrogens is 3. The molecule has 1 aliphatic rings. The summed E-state index contributed by atoms with van der Waals surface area (Å²) in [4.78, 5) is 26.8. The Labute approximate surface area is 179 Å². The Morgan fingerprint density at radius 3 is 2.39 bits per heavy atom. The van der Waals surface area contributed by atoms with Crippen molar-refractivity contribution in [2.45, 2.75) is 32.2 Å². The number of piperidine rings is 1. The molecule has 0 aliphatic carbocycles. The number of hydrogen-bond donors (Lipinski definition) is 1. The van der Waals surface area contributed by atoms with Crippen LogP contribution in [0.4, 0.5) is 4.39 Å². The molecule has 31 heavy (non-hydrogen) atoms. The number of hydrogen-bond acceptors (Lipinski definition) is 4. The maximum atomic E-state index is 13.0. The van der Waals surface area contributed by atoms with Gasteiger partial charge in [0.1, 0.15) is 5.82 Å². The van der Waals surface area contributed by atoms with Gasteiger partial charge < -0.3 is 10.2 Å². The van der Waals surface area contributed by atoms with Crippen LogP contribution in [0.3, 0.4) is 0 Å². The van der Waals surface area contributed by atoms with E-state index >= 15 is 0 Å². The second kappa shape index (κ2) is 9.07. The highest BCUT2D eigenvalue weighted by Crippen LogP contribution is 2.15. The topological polar surface area (TPSA) is 80.1 Å². The van der Waals surface area contributed by atoms with Crippen molar-refractivity contribution < 1.29 is 14.0 Å². The zero-order chi connectivity index (χ0) is 21.8. The number of likely N-dealkylation sites (tertiary alicyclic amines) is 1. The number of carbonyl (C=O) groups excluding carboxylic acids is 2. The predicted molar refractivity (Wildman–Crippen MR) is 114 cm³/mol. The van der Waals surface area contributed by atoms with E-state index < -0.39 is 0 Å². The van der Waals surface area contributed by atoms with E-state index in [1.807, 2.05) is 24.3 Å². The van der Waals surface area contributed by atoms with Gasteiger partial charge in [0.05, 0.1) is 11.9 Å². The first kappa shape index (κ1) is 20.7. The molecule has 1 N–H and O–H groups in total. The highest BCUT2D eigenvalue weighted by molar-refractivity contribution is 5.94. The van der Waals surface area contributed by atoms with Gasteiger partial charge in [-0.2, -0.15) is 0 Å². The molecule has 0 unspecified atom stereocenters. The van der Waals surface area contributed by atoms with Crippen molar-refractivity contribution in [3.8, 4) is 5.69 Å². The van der Waals surface area contributed by atoms with Crippen LogP contribution in [-0.4, -0.2) is 50.8 Å². The van der Waals surface area contributed by atoms with Crippen LogP contribution in [0.2, 0.25) is 0 Å². The molecule has 1 aliphatic heterocycles. The standard InChI is InChI=1S/C23H24FN5O2/c1-2-16-3-9-20(10-4-16)29-15-21(26-27-29)23(31)28-13-11-19(12-14-28)25-22(30)17-5-7-18(24)8-6-17/h3-10,15,19H,2,11-14H2,1H3,(H,25,30). The Balaban J connectivity index is 1.32. The molecule has 7 nitrogen and oxygen atoms in total. The lowest BCUT2D eigenvalue weighted by Gasteiger charge is -2.31. The highest BCUT2D eigenvalue weighted by Gasteiger charge is 2.26. The number of benzene rings is 2. The van der Waals surface area contributed by atoms with Gasteiger partial charge in [0.2, 0.25) is 0 Å². The average molecular weight is 421 g/mol. The predicted octanol–water partition coefficient (Wildman–Crippen LogP) is 3.00. The number of aryl methyl sites for hydroxylation is 1. The fraction of sp³-hybridized carbons (Fsp3) is 0.304. The van der Waals surface area contributed by atoms with Crippen LogP contribution in [0.25, 0.3) is 5.69 Å². The van der Waals surface area contributed by atoms with Gasteiger partial charge in [-0.25, -0.2) is 9.07 Å². The molecule has 2 aromatic carbocycles. The maximum Gasteiger partial charge on any atom is 0.276 e. The fourth-order valence-corrected chi connectivity index (χ4v) is 3.63. The quantitative estimate of drug-likeness (QED) is 0.687. The molecule has 2 heterocycles. The molecule has 0 radical (unpaired) electrons. The summed E-state index contributed by atoms with van der Waals surface area (Å²) in [6, 6.07) is 13.4. The molecule has 0 spiro atoms. The fourth-order valence-electron chi connectivity index (χ4n) is 3.63. The van der Waals surface area contributed by atoms with Crippen molar-refractivity contribution in [2.75, 3.05) is 13.1 Å². The summed E-state index contributed by atoms with van der Waals surface area (Å²) in [5.74, 6) is -0.778. The van der Waals surface area contributed by atoms with E-state index in [1.165, 1.54) is 29.8 Å². The van der Waals surface area contributed by atoms with Crippen molar-refractivity contribution in [1.29, 1.82) is 0 Å². The molecule has 0 bridgehead atoms. The van der Waals surface area contributed by atoms with Gasteiger partial charge in [0.15, 0.2) is 5.69 Å². The van der Waals surface area contributed by atoms with E-state index in [2.05, 4.69) is 22.6 Å². The Bertz CT molecular complexity index is 1050. The van der Waals surface area contributed by atoms with E-state index in [1.54, 1.807) is 15.8 Å². The minimum atomic E-state index is -0.377. The van der Waals surface area contributed by atoms with Crippen molar-refractivity contribution in [1.82, 2.24) is 25.2 Å². The minimum Gasteiger partial charge on any atom is -0.349 e. The molecule has 1 fully saturated rings. The van der Waals surface area contributed by atoms with Crippen molar-refractivity contribution in [3.05, 3.63) is 77.4 Å². The summed E-state index contributed by atoms with van der Waals surface area (Å²) in [5.41, 5.74) is 2.80. The number of rotatable bonds is 5. The van der Waals surface area contributed by atoms with Gasteiger partial charge in [-0.05, 0) is 61.2 Å². The molecule has 8 heteroatoms. The van der Waals surface area contributed by atoms with Crippen LogP contribution in [0.5, 0.6) is 0 Å². The second-order valence-electron chi connectivity index (χ2n) is 7.62. The number of carbonyl (C=O) groups is 2. The third-order valence-corrected chi connectivity index (χ3v) is 5.55. The summed E-state index contributed by atoms with van der Waals surface area (Å²) >= 11 is 0. The lowest BCUT2D eigenvalue weighted by Crippen LogP contribution is -2.46. The first-order valence-corrected chi connectivity index (χ1v) is 10.4. The summed E-state index contributed by atoms with van der Waals surface area (Å²) in [6.07, 6.45) is 3.89. The van der Waals surface area contributed by atoms with Gasteiger partial charge in [-0.15, -0.1) is 5.10 Å². The summed E-state index contributed by atoms with van der Waals surface area (Å²) < 4.78 is 14.6. The number of amides is 2. The third-order valence-electron chi connectivity index (χ3n) is 5.55. The van der Waals surface area contributed by atoms with Gasteiger partial charge in [-0.1, -0.05) is 24.3 Å². The van der Waals surface area contributed by atoms with Gasteiger partial charge >= 0.3 is 0 Å². The smallest absolute Gasteiger partial charge is 0.276 e. The van der Waals surface area contributed by atoms with Crippen LogP contribution in [0, 0.1) is 5.82 Å². The number of nitrogens with zero attached hydrogens (tertiary/aromatic N) is 4. The molecule has 160 valence electrons. The molecule has 0 saturated carbocycles. The maximum absolute atomic E-state index is 13.0. The molecular weight excluding hydrogens is 397 g/mol. The Kier molecular flexibility index (Phi) is 6.06. The first-order chi connectivity index (χ1) is 15.0. The molecule has 1 aromatic heterocycles.